The maximum atomic E-state index is 10.7. The average molecular weight is 487 g/mol. The van der Waals surface area contributed by atoms with Gasteiger partial charge < -0.3 is 9.47 Å². The number of ether oxygens (including phenoxy) is 2. The number of pyridine rings is 1. The van der Waals surface area contributed by atoms with E-state index in [1.165, 1.54) is 12.1 Å². The predicted molar refractivity (Wildman–Crippen MR) is 130 cm³/mol. The van der Waals surface area contributed by atoms with Gasteiger partial charge in [0.25, 0.3) is 5.69 Å². The molecule has 170 valence electrons. The minimum atomic E-state index is -0.516. The van der Waals surface area contributed by atoms with E-state index in [4.69, 9.17) is 32.7 Å². The molecule has 0 aliphatic rings. The van der Waals surface area contributed by atoms with Crippen LogP contribution in [0, 0.1) is 10.1 Å². The topological polar surface area (TPSA) is 98.9 Å². The number of hydrogen-bond donors (Lipinski definition) is 1. The molecule has 0 radical (unpaired) electrons. The van der Waals surface area contributed by atoms with Crippen LogP contribution in [0.15, 0.2) is 66.4 Å². The number of hydrogen-bond acceptors (Lipinski definition) is 7. The molecule has 1 heterocycles. The van der Waals surface area contributed by atoms with Gasteiger partial charge in [0.05, 0.1) is 18.2 Å². The first-order valence-corrected chi connectivity index (χ1v) is 10.4. The molecule has 0 aliphatic carbocycles. The monoisotopic (exact) mass is 486 g/mol. The molecule has 0 fully saturated rings. The van der Waals surface area contributed by atoms with Crippen LogP contribution in [0.25, 0.3) is 0 Å². The quantitative estimate of drug-likeness (QED) is 0.162. The number of methoxy groups -OCH3 is 1. The lowest BCUT2D eigenvalue weighted by molar-refractivity contribution is -0.385. The second-order valence-corrected chi connectivity index (χ2v) is 7.60. The van der Waals surface area contributed by atoms with Gasteiger partial charge in [-0.2, -0.15) is 5.10 Å². The molecule has 2 aromatic carbocycles. The van der Waals surface area contributed by atoms with Crippen LogP contribution in [0.4, 0.5) is 11.5 Å². The molecule has 3 rings (SSSR count). The normalized spacial score (nSPS) is 10.8. The van der Waals surface area contributed by atoms with Crippen molar-refractivity contribution in [2.45, 2.75) is 13.0 Å². The molecule has 1 aromatic heterocycles. The fourth-order valence-electron chi connectivity index (χ4n) is 2.90. The van der Waals surface area contributed by atoms with E-state index in [0.717, 1.165) is 22.9 Å². The first-order chi connectivity index (χ1) is 15.9. The zero-order valence-corrected chi connectivity index (χ0v) is 19.1. The summed E-state index contributed by atoms with van der Waals surface area (Å²) in [5.74, 6) is 1.47. The first kappa shape index (κ1) is 24.0. The zero-order valence-electron chi connectivity index (χ0n) is 17.6. The minimum Gasteiger partial charge on any atom is -0.493 e. The van der Waals surface area contributed by atoms with E-state index in [0.29, 0.717) is 33.8 Å². The lowest BCUT2D eigenvalue weighted by atomic mass is 10.1. The fourth-order valence-corrected chi connectivity index (χ4v) is 3.37. The number of halogens is 2. The van der Waals surface area contributed by atoms with Gasteiger partial charge in [-0.1, -0.05) is 35.3 Å². The summed E-state index contributed by atoms with van der Waals surface area (Å²) in [7, 11) is 1.55. The van der Waals surface area contributed by atoms with Gasteiger partial charge in [-0.15, -0.1) is 6.58 Å². The second kappa shape index (κ2) is 11.3. The number of benzene rings is 2. The van der Waals surface area contributed by atoms with E-state index in [1.54, 1.807) is 37.6 Å². The van der Waals surface area contributed by atoms with Crippen molar-refractivity contribution in [3.8, 4) is 11.5 Å². The fraction of sp³-hybridized carbons (Fsp3) is 0.130. The number of hydrazone groups is 1. The molecule has 0 saturated carbocycles. The minimum absolute atomic E-state index is 0.0983. The Morgan fingerprint density at radius 1 is 1.21 bits per heavy atom. The van der Waals surface area contributed by atoms with Crippen molar-refractivity contribution < 1.29 is 14.4 Å². The van der Waals surface area contributed by atoms with Crippen molar-refractivity contribution >= 4 is 40.9 Å². The molecule has 3 aromatic rings. The molecular weight excluding hydrogens is 467 g/mol. The standard InChI is InChI=1S/C23H20Cl2N4O4/c1-3-4-16-9-15(12-27-28-22-8-7-19(13-26-22)29(30)31)10-21(32-2)23(16)33-14-17-5-6-18(24)11-20(17)25/h3,5-13H,1,4,14H2,2H3,(H,26,28)/b27-12+. The van der Waals surface area contributed by atoms with Crippen LogP contribution in [0.3, 0.4) is 0 Å². The summed E-state index contributed by atoms with van der Waals surface area (Å²) in [5, 5.41) is 15.9. The Labute approximate surface area is 200 Å². The van der Waals surface area contributed by atoms with Crippen LogP contribution in [0.2, 0.25) is 10.0 Å². The number of allylic oxidation sites excluding steroid dienone is 1. The molecule has 33 heavy (non-hydrogen) atoms. The van der Waals surface area contributed by atoms with Gasteiger partial charge in [0.15, 0.2) is 11.5 Å². The highest BCUT2D eigenvalue weighted by molar-refractivity contribution is 6.35. The smallest absolute Gasteiger partial charge is 0.287 e. The van der Waals surface area contributed by atoms with Crippen molar-refractivity contribution in [1.29, 1.82) is 0 Å². The van der Waals surface area contributed by atoms with Gasteiger partial charge in [-0.3, -0.25) is 15.5 Å². The third kappa shape index (κ3) is 6.44. The van der Waals surface area contributed by atoms with Gasteiger partial charge in [-0.05, 0) is 42.3 Å². The van der Waals surface area contributed by atoms with Crippen LogP contribution < -0.4 is 14.9 Å². The van der Waals surface area contributed by atoms with Crippen LogP contribution >= 0.6 is 23.2 Å². The molecule has 0 saturated heterocycles. The maximum Gasteiger partial charge on any atom is 0.287 e. The molecule has 8 nitrogen and oxygen atoms in total. The van der Waals surface area contributed by atoms with Crippen molar-refractivity contribution in [1.82, 2.24) is 4.98 Å². The number of nitrogens with one attached hydrogen (secondary N) is 1. The Morgan fingerprint density at radius 3 is 2.67 bits per heavy atom. The number of aromatic nitrogens is 1. The Hall–Kier alpha value is -3.62. The van der Waals surface area contributed by atoms with Gasteiger partial charge in [0.1, 0.15) is 18.6 Å². The highest BCUT2D eigenvalue weighted by atomic mass is 35.5. The van der Waals surface area contributed by atoms with Gasteiger partial charge in [-0.25, -0.2) is 4.98 Å². The van der Waals surface area contributed by atoms with Crippen LogP contribution in [-0.4, -0.2) is 23.2 Å². The summed E-state index contributed by atoms with van der Waals surface area (Å²) in [4.78, 5) is 14.1. The molecule has 10 heteroatoms. The Bertz CT molecular complexity index is 1180. The third-order valence-corrected chi connectivity index (χ3v) is 5.06. The predicted octanol–water partition coefficient (Wildman–Crippen LogP) is 6.06. The molecule has 0 bridgehead atoms. The summed E-state index contributed by atoms with van der Waals surface area (Å²) in [6, 6.07) is 11.7. The first-order valence-electron chi connectivity index (χ1n) is 9.69. The largest absolute Gasteiger partial charge is 0.493 e. The number of nitro groups is 1. The van der Waals surface area contributed by atoms with Crippen LogP contribution in [-0.2, 0) is 13.0 Å². The average Bonchev–Trinajstić information content (AvgIpc) is 2.79. The molecule has 1 N–H and O–H groups in total. The SMILES string of the molecule is C=CCc1cc(/C=N/Nc2ccc([N+](=O)[O-])cn2)cc(OC)c1OCc1ccc(Cl)cc1Cl. The van der Waals surface area contributed by atoms with E-state index in [1.807, 2.05) is 12.1 Å². The molecule has 0 aliphatic heterocycles. The van der Waals surface area contributed by atoms with Crippen LogP contribution in [0.1, 0.15) is 16.7 Å². The molecule has 0 atom stereocenters. The van der Waals surface area contributed by atoms with Gasteiger partial charge in [0, 0.05) is 27.2 Å². The Balaban J connectivity index is 1.79. The summed E-state index contributed by atoms with van der Waals surface area (Å²) < 4.78 is 11.6. The van der Waals surface area contributed by atoms with E-state index in [-0.39, 0.29) is 12.3 Å². The lowest BCUT2D eigenvalue weighted by Gasteiger charge is -2.16. The third-order valence-electron chi connectivity index (χ3n) is 4.48. The molecular formula is C23H20Cl2N4O4. The van der Waals surface area contributed by atoms with E-state index >= 15 is 0 Å². The molecule has 0 unspecified atom stereocenters. The number of nitrogens with zero attached hydrogens (tertiary/aromatic N) is 3. The maximum absolute atomic E-state index is 10.7. The lowest BCUT2D eigenvalue weighted by Crippen LogP contribution is -2.03. The highest BCUT2D eigenvalue weighted by Crippen LogP contribution is 2.34. The molecule has 0 amide bonds. The number of rotatable bonds is 10. The Kier molecular flexibility index (Phi) is 8.23. The van der Waals surface area contributed by atoms with E-state index in [2.05, 4.69) is 22.1 Å². The summed E-state index contributed by atoms with van der Waals surface area (Å²) >= 11 is 12.2. The van der Waals surface area contributed by atoms with E-state index in [9.17, 15) is 10.1 Å². The second-order valence-electron chi connectivity index (χ2n) is 6.76. The summed E-state index contributed by atoms with van der Waals surface area (Å²) in [5.41, 5.74) is 5.03. The summed E-state index contributed by atoms with van der Waals surface area (Å²) in [6.07, 6.45) is 5.04. The number of anilines is 1. The highest BCUT2D eigenvalue weighted by Gasteiger charge is 2.14. The van der Waals surface area contributed by atoms with Crippen molar-refractivity contribution in [2.75, 3.05) is 12.5 Å². The van der Waals surface area contributed by atoms with Crippen molar-refractivity contribution in [3.05, 3.63) is 98.2 Å². The van der Waals surface area contributed by atoms with Gasteiger partial charge >= 0.3 is 0 Å². The van der Waals surface area contributed by atoms with E-state index < -0.39 is 4.92 Å². The van der Waals surface area contributed by atoms with Crippen molar-refractivity contribution in [3.63, 3.8) is 0 Å². The van der Waals surface area contributed by atoms with Crippen molar-refractivity contribution in [2.24, 2.45) is 5.10 Å². The van der Waals surface area contributed by atoms with Gasteiger partial charge in [0.2, 0.25) is 0 Å². The molecule has 0 spiro atoms. The Morgan fingerprint density at radius 2 is 2.03 bits per heavy atom. The van der Waals surface area contributed by atoms with Crippen LogP contribution in [0.5, 0.6) is 11.5 Å². The summed E-state index contributed by atoms with van der Waals surface area (Å²) in [6.45, 7) is 4.04. The zero-order chi connectivity index (χ0) is 23.8.